The summed E-state index contributed by atoms with van der Waals surface area (Å²) in [5.74, 6) is -7.57. The molecule has 6 N–H and O–H groups in total. The highest BCUT2D eigenvalue weighted by molar-refractivity contribution is 5.89. The van der Waals surface area contributed by atoms with Crippen LogP contribution in [0.1, 0.15) is 11.1 Å². The zero-order valence-electron chi connectivity index (χ0n) is 12.5. The molecule has 0 aliphatic heterocycles. The SMILES string of the molecule is O=C(C(O)C(O)(O)c1ccccc1)C(O)C(O)(O)c1ccccc1. The lowest BCUT2D eigenvalue weighted by molar-refractivity contribution is -0.255. The smallest absolute Gasteiger partial charge is 0.224 e. The monoisotopic (exact) mass is 334 g/mol. The summed E-state index contributed by atoms with van der Waals surface area (Å²) < 4.78 is 0. The van der Waals surface area contributed by atoms with E-state index in [1.54, 1.807) is 12.1 Å². The van der Waals surface area contributed by atoms with Crippen molar-refractivity contribution in [1.82, 2.24) is 0 Å². The third-order valence-electron chi connectivity index (χ3n) is 3.70. The highest BCUT2D eigenvalue weighted by atomic mass is 16.5. The normalized spacial score (nSPS) is 14.9. The number of benzene rings is 2. The van der Waals surface area contributed by atoms with E-state index in [4.69, 9.17) is 0 Å². The molecule has 7 heteroatoms. The van der Waals surface area contributed by atoms with Crippen LogP contribution in [-0.2, 0) is 16.4 Å². The maximum atomic E-state index is 12.1. The first-order valence-electron chi connectivity index (χ1n) is 7.09. The third kappa shape index (κ3) is 3.36. The molecule has 0 aliphatic rings. The second-order valence-electron chi connectivity index (χ2n) is 5.39. The minimum atomic E-state index is -3.01. The number of Topliss-reactive ketones (excluding diaryl/α,β-unsaturated/α-hetero) is 1. The van der Waals surface area contributed by atoms with Gasteiger partial charge in [-0.3, -0.25) is 4.79 Å². The van der Waals surface area contributed by atoms with E-state index in [-0.39, 0.29) is 11.1 Å². The average Bonchev–Trinajstić information content (AvgIpc) is 2.61. The van der Waals surface area contributed by atoms with E-state index >= 15 is 0 Å². The van der Waals surface area contributed by atoms with Crippen LogP contribution in [0.2, 0.25) is 0 Å². The lowest BCUT2D eigenvalue weighted by Gasteiger charge is -2.32. The topological polar surface area (TPSA) is 138 Å². The summed E-state index contributed by atoms with van der Waals surface area (Å²) in [7, 11) is 0. The molecule has 24 heavy (non-hydrogen) atoms. The number of ketones is 1. The standard InChI is InChI=1S/C17H18O7/c18-13(14(19)16(21,22)11-7-3-1-4-8-11)15(20)17(23,24)12-9-5-2-6-10-12/h1-10,14-15,19-24H. The highest BCUT2D eigenvalue weighted by Crippen LogP contribution is 2.28. The maximum absolute atomic E-state index is 12.1. The van der Waals surface area contributed by atoms with Crippen LogP contribution in [0.5, 0.6) is 0 Å². The Labute approximate surface area is 137 Å². The molecule has 2 atom stereocenters. The molecule has 0 saturated carbocycles. The van der Waals surface area contributed by atoms with Crippen LogP contribution in [0.4, 0.5) is 0 Å². The zero-order chi connectivity index (χ0) is 18.0. The van der Waals surface area contributed by atoms with Gasteiger partial charge in [-0.1, -0.05) is 60.7 Å². The number of rotatable bonds is 6. The van der Waals surface area contributed by atoms with Crippen molar-refractivity contribution in [3.63, 3.8) is 0 Å². The number of hydrogen-bond donors (Lipinski definition) is 6. The van der Waals surface area contributed by atoms with E-state index in [0.29, 0.717) is 0 Å². The second kappa shape index (κ2) is 6.78. The van der Waals surface area contributed by atoms with E-state index in [9.17, 15) is 35.4 Å². The van der Waals surface area contributed by atoms with Gasteiger partial charge in [-0.2, -0.15) is 0 Å². The lowest BCUT2D eigenvalue weighted by atomic mass is 9.90. The van der Waals surface area contributed by atoms with Crippen molar-refractivity contribution >= 4 is 5.78 Å². The van der Waals surface area contributed by atoms with E-state index < -0.39 is 29.6 Å². The quantitative estimate of drug-likeness (QED) is 0.371. The van der Waals surface area contributed by atoms with Crippen molar-refractivity contribution in [1.29, 1.82) is 0 Å². The molecule has 0 amide bonds. The van der Waals surface area contributed by atoms with Gasteiger partial charge in [0.25, 0.3) is 0 Å². The fourth-order valence-electron chi connectivity index (χ4n) is 2.23. The molecule has 0 heterocycles. The molecule has 0 fully saturated rings. The molecule has 128 valence electrons. The molecule has 7 nitrogen and oxygen atoms in total. The Balaban J connectivity index is 2.27. The van der Waals surface area contributed by atoms with Gasteiger partial charge in [0.2, 0.25) is 17.4 Å². The van der Waals surface area contributed by atoms with Crippen molar-refractivity contribution in [2.75, 3.05) is 0 Å². The Kier molecular flexibility index (Phi) is 5.14. The molecule has 0 radical (unpaired) electrons. The minimum absolute atomic E-state index is 0.195. The molecule has 0 spiro atoms. The predicted octanol–water partition coefficient (Wildman–Crippen LogP) is -1.05. The Bertz CT molecular complexity index is 623. The molecule has 2 aromatic rings. The molecule has 0 aliphatic carbocycles. The van der Waals surface area contributed by atoms with Gasteiger partial charge in [-0.15, -0.1) is 0 Å². The summed E-state index contributed by atoms with van der Waals surface area (Å²) in [6, 6.07) is 14.0. The van der Waals surface area contributed by atoms with Crippen LogP contribution in [0.15, 0.2) is 60.7 Å². The van der Waals surface area contributed by atoms with Gasteiger partial charge < -0.3 is 30.6 Å². The largest absolute Gasteiger partial charge is 0.379 e. The third-order valence-corrected chi connectivity index (χ3v) is 3.70. The zero-order valence-corrected chi connectivity index (χ0v) is 12.5. The van der Waals surface area contributed by atoms with Crippen LogP contribution in [-0.4, -0.2) is 48.6 Å². The Morgan fingerprint density at radius 2 is 0.958 bits per heavy atom. The van der Waals surface area contributed by atoms with Gasteiger partial charge in [-0.25, -0.2) is 0 Å². The van der Waals surface area contributed by atoms with Crippen LogP contribution >= 0.6 is 0 Å². The van der Waals surface area contributed by atoms with Gasteiger partial charge in [0.05, 0.1) is 0 Å². The first-order valence-corrected chi connectivity index (χ1v) is 7.09. The summed E-state index contributed by atoms with van der Waals surface area (Å²) in [4.78, 5) is 12.1. The molecule has 2 unspecified atom stereocenters. The molecule has 0 bridgehead atoms. The molecular formula is C17H18O7. The number of carbonyl (C=O) groups is 1. The Morgan fingerprint density at radius 1 is 0.667 bits per heavy atom. The first-order chi connectivity index (χ1) is 11.2. The number of hydrogen-bond acceptors (Lipinski definition) is 7. The van der Waals surface area contributed by atoms with Crippen molar-refractivity contribution in [3.8, 4) is 0 Å². The van der Waals surface area contributed by atoms with E-state index in [1.165, 1.54) is 48.5 Å². The molecule has 2 aromatic carbocycles. The van der Waals surface area contributed by atoms with E-state index in [1.807, 2.05) is 0 Å². The van der Waals surface area contributed by atoms with Crippen LogP contribution in [0, 0.1) is 0 Å². The first kappa shape index (κ1) is 18.2. The van der Waals surface area contributed by atoms with Crippen molar-refractivity contribution in [2.24, 2.45) is 0 Å². The molecule has 0 aromatic heterocycles. The average molecular weight is 334 g/mol. The van der Waals surface area contributed by atoms with Gasteiger partial charge in [0, 0.05) is 11.1 Å². The summed E-state index contributed by atoms with van der Waals surface area (Å²) in [6.07, 6.45) is -5.01. The Hall–Kier alpha value is -2.13. The maximum Gasteiger partial charge on any atom is 0.224 e. The molecule has 0 saturated heterocycles. The van der Waals surface area contributed by atoms with Crippen LogP contribution < -0.4 is 0 Å². The lowest BCUT2D eigenvalue weighted by Crippen LogP contribution is -2.54. The van der Waals surface area contributed by atoms with Gasteiger partial charge in [0.1, 0.15) is 0 Å². The van der Waals surface area contributed by atoms with Crippen LogP contribution in [0.25, 0.3) is 0 Å². The fourth-order valence-corrected chi connectivity index (χ4v) is 2.23. The van der Waals surface area contributed by atoms with Gasteiger partial charge in [-0.05, 0) is 0 Å². The van der Waals surface area contributed by atoms with Crippen LogP contribution in [0.3, 0.4) is 0 Å². The summed E-state index contributed by atoms with van der Waals surface area (Å²) >= 11 is 0. The number of aliphatic hydroxyl groups is 6. The molecular weight excluding hydrogens is 316 g/mol. The summed E-state index contributed by atoms with van der Waals surface area (Å²) in [5.41, 5.74) is -0.390. The van der Waals surface area contributed by atoms with Gasteiger partial charge >= 0.3 is 0 Å². The van der Waals surface area contributed by atoms with E-state index in [0.717, 1.165) is 0 Å². The van der Waals surface area contributed by atoms with Gasteiger partial charge in [0.15, 0.2) is 12.2 Å². The number of aliphatic hydroxyl groups excluding tert-OH is 2. The van der Waals surface area contributed by atoms with Crippen molar-refractivity contribution in [2.45, 2.75) is 23.8 Å². The van der Waals surface area contributed by atoms with E-state index in [2.05, 4.69) is 0 Å². The predicted molar refractivity (Wildman–Crippen MR) is 82.1 cm³/mol. The van der Waals surface area contributed by atoms with Crippen molar-refractivity contribution in [3.05, 3.63) is 71.8 Å². The fraction of sp³-hybridized carbons (Fsp3) is 0.235. The summed E-state index contributed by atoms with van der Waals surface area (Å²) in [6.45, 7) is 0. The van der Waals surface area contributed by atoms with Crippen molar-refractivity contribution < 1.29 is 35.4 Å². The second-order valence-corrected chi connectivity index (χ2v) is 5.39. The molecule has 2 rings (SSSR count). The Morgan fingerprint density at radius 3 is 1.25 bits per heavy atom. The number of carbonyl (C=O) groups excluding carboxylic acids is 1. The summed E-state index contributed by atoms with van der Waals surface area (Å²) in [5, 5.41) is 60.0. The minimum Gasteiger partial charge on any atom is -0.379 e. The highest BCUT2D eigenvalue weighted by Gasteiger charge is 2.49.